The van der Waals surface area contributed by atoms with Crippen molar-refractivity contribution < 1.29 is 18.3 Å². The van der Waals surface area contributed by atoms with Crippen LogP contribution in [-0.4, -0.2) is 37.2 Å². The SMILES string of the molecule is N[C@H]1CCCc2ccc(OC3CS(=O)(=O)CC3O)cc21. The Morgan fingerprint density at radius 2 is 2.10 bits per heavy atom. The second-order valence-electron chi connectivity index (χ2n) is 5.66. The molecule has 1 fully saturated rings. The fourth-order valence-electron chi connectivity index (χ4n) is 2.97. The number of rotatable bonds is 2. The van der Waals surface area contributed by atoms with E-state index < -0.39 is 22.0 Å². The normalized spacial score (nSPS) is 31.8. The van der Waals surface area contributed by atoms with Crippen LogP contribution in [0, 0.1) is 0 Å². The first kappa shape index (κ1) is 13.9. The molecular weight excluding hydrogens is 278 g/mol. The van der Waals surface area contributed by atoms with Gasteiger partial charge in [0.15, 0.2) is 9.84 Å². The van der Waals surface area contributed by atoms with Crippen LogP contribution in [0.15, 0.2) is 18.2 Å². The fraction of sp³-hybridized carbons (Fsp3) is 0.571. The standard InChI is InChI=1S/C14H19NO4S/c15-12-3-1-2-9-4-5-10(6-11(9)12)19-14-8-20(17,18)7-13(14)16/h4-6,12-14,16H,1-3,7-8,15H2/t12-,13?,14?/m0/s1. The molecule has 0 radical (unpaired) electrons. The van der Waals surface area contributed by atoms with Gasteiger partial charge in [0.05, 0.1) is 11.5 Å². The largest absolute Gasteiger partial charge is 0.487 e. The van der Waals surface area contributed by atoms with Crippen molar-refractivity contribution in [3.05, 3.63) is 29.3 Å². The summed E-state index contributed by atoms with van der Waals surface area (Å²) in [7, 11) is -3.19. The van der Waals surface area contributed by atoms with Crippen molar-refractivity contribution in [3.8, 4) is 5.75 Å². The summed E-state index contributed by atoms with van der Waals surface area (Å²) in [6.45, 7) is 0. The van der Waals surface area contributed by atoms with Gasteiger partial charge in [0.2, 0.25) is 0 Å². The van der Waals surface area contributed by atoms with E-state index in [0.717, 1.165) is 24.8 Å². The first-order valence-corrected chi connectivity index (χ1v) is 8.70. The lowest BCUT2D eigenvalue weighted by molar-refractivity contribution is 0.0737. The summed E-state index contributed by atoms with van der Waals surface area (Å²) in [6.07, 6.45) is 1.43. The first-order chi connectivity index (χ1) is 9.44. The molecule has 110 valence electrons. The number of benzene rings is 1. The summed E-state index contributed by atoms with van der Waals surface area (Å²) < 4.78 is 28.6. The van der Waals surface area contributed by atoms with E-state index in [9.17, 15) is 13.5 Å². The molecule has 3 N–H and O–H groups in total. The second kappa shape index (κ2) is 5.02. The lowest BCUT2D eigenvalue weighted by atomic mass is 9.88. The van der Waals surface area contributed by atoms with Crippen LogP contribution in [0.4, 0.5) is 0 Å². The molecule has 5 nitrogen and oxygen atoms in total. The number of ether oxygens (including phenoxy) is 1. The molecule has 3 atom stereocenters. The molecule has 1 aliphatic carbocycles. The molecule has 0 bridgehead atoms. The van der Waals surface area contributed by atoms with Gasteiger partial charge in [-0.2, -0.15) is 0 Å². The summed E-state index contributed by atoms with van der Waals surface area (Å²) in [5.74, 6) is 0.238. The minimum Gasteiger partial charge on any atom is -0.487 e. The highest BCUT2D eigenvalue weighted by atomic mass is 32.2. The highest BCUT2D eigenvalue weighted by Crippen LogP contribution is 2.31. The molecule has 0 aromatic heterocycles. The zero-order chi connectivity index (χ0) is 14.3. The lowest BCUT2D eigenvalue weighted by Gasteiger charge is -2.24. The summed E-state index contributed by atoms with van der Waals surface area (Å²) >= 11 is 0. The molecule has 0 spiro atoms. The third kappa shape index (κ3) is 2.68. The Morgan fingerprint density at radius 1 is 1.30 bits per heavy atom. The molecule has 1 aliphatic heterocycles. The molecule has 3 rings (SSSR count). The summed E-state index contributed by atoms with van der Waals surface area (Å²) in [5.41, 5.74) is 8.40. The Morgan fingerprint density at radius 3 is 2.80 bits per heavy atom. The summed E-state index contributed by atoms with van der Waals surface area (Å²) in [5, 5.41) is 9.75. The first-order valence-electron chi connectivity index (χ1n) is 6.88. The van der Waals surface area contributed by atoms with Crippen LogP contribution in [0.2, 0.25) is 0 Å². The number of nitrogens with two attached hydrogens (primary N) is 1. The van der Waals surface area contributed by atoms with Gasteiger partial charge in [-0.3, -0.25) is 0 Å². The average Bonchev–Trinajstić information content (AvgIpc) is 2.63. The zero-order valence-electron chi connectivity index (χ0n) is 11.2. The predicted molar refractivity (Wildman–Crippen MR) is 75.4 cm³/mol. The van der Waals surface area contributed by atoms with Gasteiger partial charge in [-0.1, -0.05) is 6.07 Å². The van der Waals surface area contributed by atoms with Crippen LogP contribution in [0.1, 0.15) is 30.0 Å². The average molecular weight is 297 g/mol. The number of hydrogen-bond donors (Lipinski definition) is 2. The zero-order valence-corrected chi connectivity index (χ0v) is 12.0. The molecule has 1 saturated heterocycles. The number of fused-ring (bicyclic) bond motifs is 1. The van der Waals surface area contributed by atoms with Crippen LogP contribution in [0.25, 0.3) is 0 Å². The number of sulfone groups is 1. The minimum absolute atomic E-state index is 0.0135. The third-order valence-corrected chi connectivity index (χ3v) is 5.72. The number of hydrogen-bond acceptors (Lipinski definition) is 5. The highest BCUT2D eigenvalue weighted by molar-refractivity contribution is 7.91. The maximum Gasteiger partial charge on any atom is 0.156 e. The van der Waals surface area contributed by atoms with E-state index in [0.29, 0.717) is 5.75 Å². The van der Waals surface area contributed by atoms with E-state index in [2.05, 4.69) is 0 Å². The molecule has 1 aromatic rings. The van der Waals surface area contributed by atoms with Gasteiger partial charge in [-0.05, 0) is 42.5 Å². The predicted octanol–water partition coefficient (Wildman–Crippen LogP) is 0.559. The molecule has 6 heteroatoms. The van der Waals surface area contributed by atoms with Crippen molar-refractivity contribution in [1.82, 2.24) is 0 Å². The van der Waals surface area contributed by atoms with E-state index in [1.807, 2.05) is 18.2 Å². The molecule has 0 saturated carbocycles. The van der Waals surface area contributed by atoms with Gasteiger partial charge >= 0.3 is 0 Å². The Kier molecular flexibility index (Phi) is 3.48. The number of aliphatic hydroxyl groups excluding tert-OH is 1. The van der Waals surface area contributed by atoms with Crippen LogP contribution < -0.4 is 10.5 Å². The fourth-order valence-corrected chi connectivity index (χ4v) is 4.63. The quantitative estimate of drug-likeness (QED) is 0.832. The van der Waals surface area contributed by atoms with Crippen molar-refractivity contribution >= 4 is 9.84 Å². The van der Waals surface area contributed by atoms with E-state index in [4.69, 9.17) is 10.5 Å². The molecule has 1 heterocycles. The van der Waals surface area contributed by atoms with Crippen molar-refractivity contribution in [2.45, 2.75) is 37.5 Å². The lowest BCUT2D eigenvalue weighted by Crippen LogP contribution is -2.30. The van der Waals surface area contributed by atoms with Crippen LogP contribution in [-0.2, 0) is 16.3 Å². The van der Waals surface area contributed by atoms with Gasteiger partial charge in [0.25, 0.3) is 0 Å². The van der Waals surface area contributed by atoms with E-state index in [1.165, 1.54) is 5.56 Å². The third-order valence-electron chi connectivity index (χ3n) is 4.04. The topological polar surface area (TPSA) is 89.6 Å². The molecule has 0 amide bonds. The summed E-state index contributed by atoms with van der Waals surface area (Å²) in [4.78, 5) is 0. The van der Waals surface area contributed by atoms with Crippen molar-refractivity contribution in [2.75, 3.05) is 11.5 Å². The molecule has 2 unspecified atom stereocenters. The smallest absolute Gasteiger partial charge is 0.156 e. The molecule has 20 heavy (non-hydrogen) atoms. The highest BCUT2D eigenvalue weighted by Gasteiger charge is 2.38. The van der Waals surface area contributed by atoms with Crippen LogP contribution in [0.5, 0.6) is 5.75 Å². The monoisotopic (exact) mass is 297 g/mol. The van der Waals surface area contributed by atoms with E-state index in [1.54, 1.807) is 0 Å². The van der Waals surface area contributed by atoms with E-state index >= 15 is 0 Å². The molecular formula is C14H19NO4S. The maximum absolute atomic E-state index is 11.5. The van der Waals surface area contributed by atoms with Gasteiger partial charge in [-0.25, -0.2) is 8.42 Å². The number of aryl methyl sites for hydroxylation is 1. The van der Waals surface area contributed by atoms with Gasteiger partial charge in [-0.15, -0.1) is 0 Å². The molecule has 1 aromatic carbocycles. The van der Waals surface area contributed by atoms with Gasteiger partial charge < -0.3 is 15.6 Å². The Bertz CT molecular complexity index is 614. The van der Waals surface area contributed by atoms with Crippen molar-refractivity contribution in [2.24, 2.45) is 5.73 Å². The molecule has 2 aliphatic rings. The summed E-state index contributed by atoms with van der Waals surface area (Å²) in [6, 6.07) is 5.71. The second-order valence-corrected chi connectivity index (χ2v) is 7.81. The minimum atomic E-state index is -3.19. The van der Waals surface area contributed by atoms with E-state index in [-0.39, 0.29) is 17.5 Å². The number of aliphatic hydroxyl groups is 1. The van der Waals surface area contributed by atoms with Gasteiger partial charge in [0, 0.05) is 6.04 Å². The van der Waals surface area contributed by atoms with Crippen LogP contribution in [0.3, 0.4) is 0 Å². The maximum atomic E-state index is 11.5. The van der Waals surface area contributed by atoms with Crippen LogP contribution >= 0.6 is 0 Å². The van der Waals surface area contributed by atoms with Crippen molar-refractivity contribution in [1.29, 1.82) is 0 Å². The Labute approximate surface area is 118 Å². The van der Waals surface area contributed by atoms with Crippen molar-refractivity contribution in [3.63, 3.8) is 0 Å². The van der Waals surface area contributed by atoms with Gasteiger partial charge in [0.1, 0.15) is 18.0 Å². The Hall–Kier alpha value is -1.11. The Balaban J connectivity index is 1.80.